The van der Waals surface area contributed by atoms with Crippen LogP contribution in [0.25, 0.3) is 0 Å². The lowest BCUT2D eigenvalue weighted by atomic mass is 9.99. The minimum atomic E-state index is -0.180. The maximum Gasteiger partial charge on any atom is 0.123 e. The Hall–Kier alpha value is -1.68. The van der Waals surface area contributed by atoms with E-state index in [4.69, 9.17) is 0 Å². The van der Waals surface area contributed by atoms with Crippen LogP contribution in [-0.2, 0) is 13.5 Å². The van der Waals surface area contributed by atoms with Crippen molar-refractivity contribution in [2.75, 3.05) is 6.54 Å². The molecule has 1 atom stereocenters. The van der Waals surface area contributed by atoms with Gasteiger partial charge in [0.1, 0.15) is 5.82 Å². The van der Waals surface area contributed by atoms with E-state index < -0.39 is 0 Å². The zero-order chi connectivity index (χ0) is 14.5. The molecule has 1 N–H and O–H groups in total. The minimum absolute atomic E-state index is 0.122. The molecule has 0 aliphatic carbocycles. The van der Waals surface area contributed by atoms with E-state index in [1.165, 1.54) is 6.07 Å². The maximum absolute atomic E-state index is 13.4. The van der Waals surface area contributed by atoms with E-state index in [9.17, 15) is 4.39 Å². The summed E-state index contributed by atoms with van der Waals surface area (Å²) in [7, 11) is 1.96. The van der Waals surface area contributed by atoms with E-state index >= 15 is 0 Å². The van der Waals surface area contributed by atoms with Crippen LogP contribution in [0.4, 0.5) is 4.39 Å². The van der Waals surface area contributed by atoms with Crippen LogP contribution in [0.2, 0.25) is 0 Å². The average Bonchev–Trinajstić information content (AvgIpc) is 2.85. The molecule has 0 fully saturated rings. The molecule has 0 aliphatic rings. The molecule has 1 heterocycles. The van der Waals surface area contributed by atoms with Crippen molar-refractivity contribution in [2.45, 2.75) is 32.7 Å². The summed E-state index contributed by atoms with van der Waals surface area (Å²) >= 11 is 0. The molecule has 0 amide bonds. The molecule has 0 saturated heterocycles. The van der Waals surface area contributed by atoms with E-state index in [0.29, 0.717) is 0 Å². The van der Waals surface area contributed by atoms with Crippen LogP contribution in [0, 0.1) is 12.7 Å². The second kappa shape index (κ2) is 6.66. The van der Waals surface area contributed by atoms with Gasteiger partial charge >= 0.3 is 0 Å². The lowest BCUT2D eigenvalue weighted by Crippen LogP contribution is -2.24. The van der Waals surface area contributed by atoms with Crippen molar-refractivity contribution in [3.05, 3.63) is 53.4 Å². The van der Waals surface area contributed by atoms with Crippen LogP contribution in [0.5, 0.6) is 0 Å². The number of hydrogen-bond acceptors (Lipinski definition) is 2. The molecule has 1 aromatic heterocycles. The van der Waals surface area contributed by atoms with Crippen LogP contribution in [-0.4, -0.2) is 16.1 Å². The molecule has 3 nitrogen and oxygen atoms in total. The highest BCUT2D eigenvalue weighted by Gasteiger charge is 2.15. The lowest BCUT2D eigenvalue weighted by molar-refractivity contribution is 0.516. The zero-order valence-corrected chi connectivity index (χ0v) is 12.4. The fourth-order valence-corrected chi connectivity index (χ4v) is 2.29. The number of benzene rings is 1. The molecule has 2 rings (SSSR count). The average molecular weight is 275 g/mol. The number of imidazole rings is 1. The second-order valence-corrected chi connectivity index (χ2v) is 5.25. The lowest BCUT2D eigenvalue weighted by Gasteiger charge is -2.18. The predicted molar refractivity (Wildman–Crippen MR) is 79.1 cm³/mol. The quantitative estimate of drug-likeness (QED) is 0.877. The number of nitrogens with zero attached hydrogens (tertiary/aromatic N) is 2. The topological polar surface area (TPSA) is 29.9 Å². The van der Waals surface area contributed by atoms with Crippen molar-refractivity contribution >= 4 is 0 Å². The van der Waals surface area contributed by atoms with E-state index in [-0.39, 0.29) is 11.9 Å². The Labute approximate surface area is 119 Å². The van der Waals surface area contributed by atoms with Gasteiger partial charge in [-0.2, -0.15) is 0 Å². The third-order valence-electron chi connectivity index (χ3n) is 3.46. The fraction of sp³-hybridized carbons (Fsp3) is 0.438. The van der Waals surface area contributed by atoms with Crippen molar-refractivity contribution in [3.8, 4) is 0 Å². The fourth-order valence-electron chi connectivity index (χ4n) is 2.29. The first-order valence-electron chi connectivity index (χ1n) is 7.06. The van der Waals surface area contributed by atoms with Crippen molar-refractivity contribution in [2.24, 2.45) is 7.05 Å². The summed E-state index contributed by atoms with van der Waals surface area (Å²) in [6, 6.07) is 5.09. The number of halogens is 1. The van der Waals surface area contributed by atoms with Gasteiger partial charge < -0.3 is 9.88 Å². The van der Waals surface area contributed by atoms with Gasteiger partial charge in [-0.3, -0.25) is 0 Å². The highest BCUT2D eigenvalue weighted by Crippen LogP contribution is 2.20. The van der Waals surface area contributed by atoms with Gasteiger partial charge in [-0.1, -0.05) is 13.0 Å². The van der Waals surface area contributed by atoms with Gasteiger partial charge in [0, 0.05) is 13.2 Å². The largest absolute Gasteiger partial charge is 0.340 e. The van der Waals surface area contributed by atoms with Crippen molar-refractivity contribution in [1.29, 1.82) is 0 Å². The predicted octanol–water partition coefficient (Wildman–Crippen LogP) is 3.15. The van der Waals surface area contributed by atoms with Gasteiger partial charge in [-0.25, -0.2) is 9.37 Å². The molecular formula is C16H22FN3. The highest BCUT2D eigenvalue weighted by atomic mass is 19.1. The Bertz CT molecular complexity index is 563. The zero-order valence-electron chi connectivity index (χ0n) is 12.4. The molecule has 108 valence electrons. The molecule has 0 spiro atoms. The molecule has 0 radical (unpaired) electrons. The van der Waals surface area contributed by atoms with E-state index in [0.717, 1.165) is 36.2 Å². The van der Waals surface area contributed by atoms with Crippen LogP contribution in [0.15, 0.2) is 30.7 Å². The Morgan fingerprint density at radius 3 is 2.85 bits per heavy atom. The van der Waals surface area contributed by atoms with E-state index in [2.05, 4.69) is 17.2 Å². The van der Waals surface area contributed by atoms with Crippen LogP contribution in [0.3, 0.4) is 0 Å². The van der Waals surface area contributed by atoms with Crippen LogP contribution >= 0.6 is 0 Å². The maximum atomic E-state index is 13.4. The van der Waals surface area contributed by atoms with Gasteiger partial charge in [0.15, 0.2) is 0 Å². The molecule has 2 aromatic rings. The highest BCUT2D eigenvalue weighted by molar-refractivity contribution is 5.28. The van der Waals surface area contributed by atoms with Gasteiger partial charge in [0.25, 0.3) is 0 Å². The monoisotopic (exact) mass is 275 g/mol. The summed E-state index contributed by atoms with van der Waals surface area (Å²) in [5.41, 5.74) is 3.15. The molecule has 0 saturated carbocycles. The molecule has 4 heteroatoms. The van der Waals surface area contributed by atoms with Crippen molar-refractivity contribution < 1.29 is 4.39 Å². The normalized spacial score (nSPS) is 12.6. The number of hydrogen-bond donors (Lipinski definition) is 1. The van der Waals surface area contributed by atoms with E-state index in [1.807, 2.05) is 30.8 Å². The summed E-state index contributed by atoms with van der Waals surface area (Å²) in [6.07, 6.45) is 5.63. The SMILES string of the molecule is CCCNC(Cc1cc(F)ccc1C)c1cn(C)cn1. The molecule has 20 heavy (non-hydrogen) atoms. The first-order chi connectivity index (χ1) is 9.60. The third-order valence-corrected chi connectivity index (χ3v) is 3.46. The number of aryl methyl sites for hydroxylation is 2. The molecule has 1 aromatic carbocycles. The van der Waals surface area contributed by atoms with Crippen LogP contribution < -0.4 is 5.32 Å². The summed E-state index contributed by atoms with van der Waals surface area (Å²) in [5.74, 6) is -0.180. The second-order valence-electron chi connectivity index (χ2n) is 5.25. The first kappa shape index (κ1) is 14.7. The number of aromatic nitrogens is 2. The minimum Gasteiger partial charge on any atom is -0.340 e. The molecule has 0 aliphatic heterocycles. The summed E-state index contributed by atoms with van der Waals surface area (Å²) < 4.78 is 15.4. The molecule has 0 bridgehead atoms. The van der Waals surface area contributed by atoms with Gasteiger partial charge in [0.05, 0.1) is 18.1 Å². The number of rotatable bonds is 6. The summed E-state index contributed by atoms with van der Waals surface area (Å²) in [6.45, 7) is 5.08. The summed E-state index contributed by atoms with van der Waals surface area (Å²) in [4.78, 5) is 4.42. The van der Waals surface area contributed by atoms with Crippen molar-refractivity contribution in [1.82, 2.24) is 14.9 Å². The van der Waals surface area contributed by atoms with Gasteiger partial charge in [-0.05, 0) is 49.6 Å². The molecular weight excluding hydrogens is 253 g/mol. The van der Waals surface area contributed by atoms with Crippen molar-refractivity contribution in [3.63, 3.8) is 0 Å². The van der Waals surface area contributed by atoms with Gasteiger partial charge in [-0.15, -0.1) is 0 Å². The van der Waals surface area contributed by atoms with Gasteiger partial charge in [0.2, 0.25) is 0 Å². The first-order valence-corrected chi connectivity index (χ1v) is 7.06. The molecule has 1 unspecified atom stereocenters. The smallest absolute Gasteiger partial charge is 0.123 e. The Kier molecular flexibility index (Phi) is 4.90. The Balaban J connectivity index is 2.21. The van der Waals surface area contributed by atoms with Crippen LogP contribution in [0.1, 0.15) is 36.2 Å². The Morgan fingerprint density at radius 2 is 2.20 bits per heavy atom. The third kappa shape index (κ3) is 3.67. The standard InChI is InChI=1S/C16H22FN3/c1-4-7-18-15(16-10-20(3)11-19-16)9-13-8-14(17)6-5-12(13)2/h5-6,8,10-11,15,18H,4,7,9H2,1-3H3. The van der Waals surface area contributed by atoms with E-state index in [1.54, 1.807) is 12.4 Å². The summed E-state index contributed by atoms with van der Waals surface area (Å²) in [5, 5.41) is 3.50. The number of nitrogens with one attached hydrogen (secondary N) is 1. The Morgan fingerprint density at radius 1 is 1.40 bits per heavy atom.